The van der Waals surface area contributed by atoms with Gasteiger partial charge in [0, 0.05) is 6.20 Å². The molecule has 16 heavy (non-hydrogen) atoms. The zero-order valence-corrected chi connectivity index (χ0v) is 9.41. The van der Waals surface area contributed by atoms with E-state index >= 15 is 0 Å². The van der Waals surface area contributed by atoms with Crippen LogP contribution in [-0.4, -0.2) is 24.1 Å². The predicted molar refractivity (Wildman–Crippen MR) is 62.1 cm³/mol. The van der Waals surface area contributed by atoms with E-state index in [0.29, 0.717) is 24.5 Å². The smallest absolute Gasteiger partial charge is 0.339 e. The van der Waals surface area contributed by atoms with Gasteiger partial charge in [-0.2, -0.15) is 0 Å². The van der Waals surface area contributed by atoms with Gasteiger partial charge in [0.2, 0.25) is 0 Å². The minimum atomic E-state index is -0.352. The van der Waals surface area contributed by atoms with E-state index in [1.54, 1.807) is 26.0 Å². The van der Waals surface area contributed by atoms with E-state index in [1.807, 2.05) is 0 Å². The Bertz CT molecular complexity index is 401. The molecule has 0 amide bonds. The van der Waals surface area contributed by atoms with Crippen molar-refractivity contribution in [2.45, 2.75) is 13.8 Å². The van der Waals surface area contributed by atoms with Crippen molar-refractivity contribution < 1.29 is 9.53 Å². The largest absolute Gasteiger partial charge is 0.462 e. The highest BCUT2D eigenvalue weighted by atomic mass is 16.5. The molecule has 0 atom stereocenters. The summed E-state index contributed by atoms with van der Waals surface area (Å²) in [6, 6.07) is 3.40. The fourth-order valence-electron chi connectivity index (χ4n) is 1.06. The van der Waals surface area contributed by atoms with Gasteiger partial charge >= 0.3 is 5.97 Å². The van der Waals surface area contributed by atoms with Crippen LogP contribution in [0.5, 0.6) is 0 Å². The van der Waals surface area contributed by atoms with E-state index in [1.165, 1.54) is 6.20 Å². The maximum absolute atomic E-state index is 11.3. The third kappa shape index (κ3) is 3.62. The molecule has 4 heteroatoms. The fourth-order valence-corrected chi connectivity index (χ4v) is 1.06. The molecular weight excluding hydrogens is 204 g/mol. The van der Waals surface area contributed by atoms with E-state index in [4.69, 9.17) is 4.74 Å². The first-order valence-corrected chi connectivity index (χ1v) is 5.04. The maximum atomic E-state index is 11.3. The van der Waals surface area contributed by atoms with Crippen molar-refractivity contribution in [1.29, 1.82) is 0 Å². The molecule has 0 aliphatic heterocycles. The summed E-state index contributed by atoms with van der Waals surface area (Å²) >= 11 is 0. The summed E-state index contributed by atoms with van der Waals surface area (Å²) in [6.07, 6.45) is 1.49. The molecule has 0 bridgehead atoms. The number of hydrogen-bond acceptors (Lipinski definition) is 4. The number of carbonyl (C=O) groups is 1. The zero-order valence-electron chi connectivity index (χ0n) is 9.41. The molecule has 0 fully saturated rings. The van der Waals surface area contributed by atoms with E-state index < -0.39 is 0 Å². The van der Waals surface area contributed by atoms with E-state index in [9.17, 15) is 4.79 Å². The highest BCUT2D eigenvalue weighted by Crippen LogP contribution is 2.05. The monoisotopic (exact) mass is 218 g/mol. The Labute approximate surface area is 95.0 Å². The first-order valence-electron chi connectivity index (χ1n) is 5.04. The van der Waals surface area contributed by atoms with Gasteiger partial charge in [-0.15, -0.1) is 5.92 Å². The minimum Gasteiger partial charge on any atom is -0.462 e. The van der Waals surface area contributed by atoms with E-state index in [0.717, 1.165) is 0 Å². The van der Waals surface area contributed by atoms with E-state index in [2.05, 4.69) is 22.1 Å². The van der Waals surface area contributed by atoms with Crippen molar-refractivity contribution in [1.82, 2.24) is 4.98 Å². The molecule has 0 aromatic carbocycles. The number of esters is 1. The number of aromatic nitrogens is 1. The number of hydrogen-bond donors (Lipinski definition) is 1. The lowest BCUT2D eigenvalue weighted by atomic mass is 10.3. The van der Waals surface area contributed by atoms with Gasteiger partial charge in [-0.25, -0.2) is 9.78 Å². The number of anilines is 1. The number of nitrogens with one attached hydrogen (secondary N) is 1. The van der Waals surface area contributed by atoms with Gasteiger partial charge in [-0.05, 0) is 26.0 Å². The van der Waals surface area contributed by atoms with Crippen molar-refractivity contribution in [3.63, 3.8) is 0 Å². The van der Waals surface area contributed by atoms with Crippen LogP contribution >= 0.6 is 0 Å². The summed E-state index contributed by atoms with van der Waals surface area (Å²) < 4.78 is 4.84. The number of pyridine rings is 1. The summed E-state index contributed by atoms with van der Waals surface area (Å²) in [5.41, 5.74) is 0.453. The van der Waals surface area contributed by atoms with Crippen LogP contribution < -0.4 is 5.32 Å². The zero-order chi connectivity index (χ0) is 11.8. The summed E-state index contributed by atoms with van der Waals surface area (Å²) in [5.74, 6) is 5.97. The summed E-state index contributed by atoms with van der Waals surface area (Å²) in [7, 11) is 0. The molecule has 1 N–H and O–H groups in total. The Morgan fingerprint density at radius 1 is 1.56 bits per heavy atom. The first kappa shape index (κ1) is 12.1. The summed E-state index contributed by atoms with van der Waals surface area (Å²) in [5, 5.41) is 3.01. The third-order valence-corrected chi connectivity index (χ3v) is 1.81. The maximum Gasteiger partial charge on any atom is 0.339 e. The van der Waals surface area contributed by atoms with Gasteiger partial charge < -0.3 is 10.1 Å². The first-order chi connectivity index (χ1) is 7.77. The molecule has 0 saturated carbocycles. The second-order valence-electron chi connectivity index (χ2n) is 2.93. The molecule has 0 radical (unpaired) electrons. The van der Waals surface area contributed by atoms with Gasteiger partial charge in [-0.1, -0.05) is 5.92 Å². The Morgan fingerprint density at radius 2 is 2.38 bits per heavy atom. The molecule has 0 saturated heterocycles. The third-order valence-electron chi connectivity index (χ3n) is 1.81. The standard InChI is InChI=1S/C12H14N2O2/c1-3-5-8-13-11-7-6-10(9-14-11)12(15)16-4-2/h6-7,9H,4,8H2,1-2H3,(H,13,14). The molecular formula is C12H14N2O2. The van der Waals surface area contributed by atoms with E-state index in [-0.39, 0.29) is 5.97 Å². The van der Waals surface area contributed by atoms with Gasteiger partial charge in [0.1, 0.15) is 5.82 Å². The van der Waals surface area contributed by atoms with Gasteiger partial charge in [0.05, 0.1) is 18.7 Å². The molecule has 1 aromatic heterocycles. The molecule has 4 nitrogen and oxygen atoms in total. The highest BCUT2D eigenvalue weighted by molar-refractivity contribution is 5.89. The lowest BCUT2D eigenvalue weighted by Gasteiger charge is -2.03. The number of rotatable bonds is 4. The normalized spacial score (nSPS) is 8.88. The minimum absolute atomic E-state index is 0.352. The van der Waals surface area contributed by atoms with Gasteiger partial charge in [-0.3, -0.25) is 0 Å². The fraction of sp³-hybridized carbons (Fsp3) is 0.333. The molecule has 0 spiro atoms. The highest BCUT2D eigenvalue weighted by Gasteiger charge is 2.05. The van der Waals surface area contributed by atoms with Crippen LogP contribution in [0.2, 0.25) is 0 Å². The average Bonchev–Trinajstić information content (AvgIpc) is 2.30. The second-order valence-corrected chi connectivity index (χ2v) is 2.93. The van der Waals surface area contributed by atoms with Crippen LogP contribution in [-0.2, 0) is 4.74 Å². The molecule has 0 aliphatic carbocycles. The van der Waals surface area contributed by atoms with Crippen molar-refractivity contribution in [3.8, 4) is 11.8 Å². The molecule has 0 unspecified atom stereocenters. The Hall–Kier alpha value is -2.02. The summed E-state index contributed by atoms with van der Waals surface area (Å²) in [6.45, 7) is 4.46. The van der Waals surface area contributed by atoms with Crippen LogP contribution in [0.15, 0.2) is 18.3 Å². The number of nitrogens with zero attached hydrogens (tertiary/aromatic N) is 1. The van der Waals surface area contributed by atoms with Crippen molar-refractivity contribution in [3.05, 3.63) is 23.9 Å². The molecule has 1 heterocycles. The van der Waals surface area contributed by atoms with Gasteiger partial charge in [0.25, 0.3) is 0 Å². The van der Waals surface area contributed by atoms with Crippen LogP contribution in [0.4, 0.5) is 5.82 Å². The lowest BCUT2D eigenvalue weighted by molar-refractivity contribution is 0.0526. The van der Waals surface area contributed by atoms with Crippen LogP contribution in [0.1, 0.15) is 24.2 Å². The number of ether oxygens (including phenoxy) is 1. The average molecular weight is 218 g/mol. The molecule has 84 valence electrons. The quantitative estimate of drug-likeness (QED) is 0.617. The van der Waals surface area contributed by atoms with Crippen LogP contribution in [0, 0.1) is 11.8 Å². The second kappa shape index (κ2) is 6.46. The lowest BCUT2D eigenvalue weighted by Crippen LogP contribution is -2.06. The Balaban J connectivity index is 2.59. The Morgan fingerprint density at radius 3 is 2.94 bits per heavy atom. The number of carbonyl (C=O) groups excluding carboxylic acids is 1. The van der Waals surface area contributed by atoms with Crippen molar-refractivity contribution in [2.24, 2.45) is 0 Å². The molecule has 1 rings (SSSR count). The molecule has 1 aromatic rings. The van der Waals surface area contributed by atoms with Gasteiger partial charge in [0.15, 0.2) is 0 Å². The SMILES string of the molecule is CC#CCNc1ccc(C(=O)OCC)cn1. The van der Waals surface area contributed by atoms with Crippen molar-refractivity contribution >= 4 is 11.8 Å². The summed E-state index contributed by atoms with van der Waals surface area (Å²) in [4.78, 5) is 15.4. The predicted octanol–water partition coefficient (Wildman–Crippen LogP) is 1.69. The van der Waals surface area contributed by atoms with Crippen molar-refractivity contribution in [2.75, 3.05) is 18.5 Å². The Kier molecular flexibility index (Phi) is 4.87. The topological polar surface area (TPSA) is 51.2 Å². The van der Waals surface area contributed by atoms with Crippen LogP contribution in [0.25, 0.3) is 0 Å². The van der Waals surface area contributed by atoms with Crippen LogP contribution in [0.3, 0.4) is 0 Å². The molecule has 0 aliphatic rings.